The van der Waals surface area contributed by atoms with E-state index in [4.69, 9.17) is 28.5 Å². The molecule has 2 rings (SSSR count). The van der Waals surface area contributed by atoms with Gasteiger partial charge in [0.15, 0.2) is 10.3 Å². The van der Waals surface area contributed by atoms with Crippen LogP contribution in [0.3, 0.4) is 0 Å². The van der Waals surface area contributed by atoms with Gasteiger partial charge >= 0.3 is 0 Å². The van der Waals surface area contributed by atoms with Crippen molar-refractivity contribution in [3.8, 4) is 6.07 Å². The Balaban J connectivity index is 2.34. The molecule has 1 heterocycles. The quantitative estimate of drug-likeness (QED) is 0.915. The van der Waals surface area contributed by atoms with Crippen LogP contribution in [0.25, 0.3) is 0 Å². The molecule has 0 bridgehead atoms. The van der Waals surface area contributed by atoms with Gasteiger partial charge in [0.05, 0.1) is 23.0 Å². The molecule has 18 heavy (non-hydrogen) atoms. The Hall–Kier alpha value is -1.90. The van der Waals surface area contributed by atoms with E-state index in [2.05, 4.69) is 15.5 Å². The first kappa shape index (κ1) is 12.6. The molecule has 1 aromatic heterocycles. The standard InChI is InChI=1S/C11H5Cl2FN4/c12-10-4-9(11(13)18-17-10)16-8-2-1-6(5-15)3-7(8)14/h1-4H,(H,16,17). The van der Waals surface area contributed by atoms with E-state index >= 15 is 0 Å². The largest absolute Gasteiger partial charge is 0.350 e. The smallest absolute Gasteiger partial charge is 0.175 e. The van der Waals surface area contributed by atoms with Gasteiger partial charge in [-0.15, -0.1) is 10.2 Å². The minimum absolute atomic E-state index is 0.0724. The number of hydrogen-bond donors (Lipinski definition) is 1. The second-order valence-electron chi connectivity index (χ2n) is 3.30. The van der Waals surface area contributed by atoms with Crippen molar-refractivity contribution in [2.75, 3.05) is 5.32 Å². The first-order valence-corrected chi connectivity index (χ1v) is 5.51. The zero-order valence-corrected chi connectivity index (χ0v) is 10.3. The molecule has 7 heteroatoms. The van der Waals surface area contributed by atoms with E-state index < -0.39 is 5.82 Å². The van der Waals surface area contributed by atoms with Crippen LogP contribution in [-0.2, 0) is 0 Å². The van der Waals surface area contributed by atoms with Crippen molar-refractivity contribution in [2.45, 2.75) is 0 Å². The molecule has 0 saturated heterocycles. The van der Waals surface area contributed by atoms with Gasteiger partial charge in [0, 0.05) is 6.07 Å². The average Bonchev–Trinajstić information content (AvgIpc) is 2.36. The van der Waals surface area contributed by atoms with Gasteiger partial charge in [0.25, 0.3) is 0 Å². The van der Waals surface area contributed by atoms with Crippen molar-refractivity contribution in [3.05, 3.63) is 46.0 Å². The van der Waals surface area contributed by atoms with Crippen LogP contribution in [0.4, 0.5) is 15.8 Å². The first-order chi connectivity index (χ1) is 8.60. The Morgan fingerprint density at radius 2 is 1.94 bits per heavy atom. The van der Waals surface area contributed by atoms with Crippen LogP contribution >= 0.6 is 23.2 Å². The number of hydrogen-bond acceptors (Lipinski definition) is 4. The Labute approximate surface area is 112 Å². The first-order valence-electron chi connectivity index (χ1n) is 4.75. The Morgan fingerprint density at radius 1 is 1.17 bits per heavy atom. The predicted octanol–water partition coefficient (Wildman–Crippen LogP) is 3.54. The molecule has 0 fully saturated rings. The van der Waals surface area contributed by atoms with Gasteiger partial charge in [-0.1, -0.05) is 23.2 Å². The lowest BCUT2D eigenvalue weighted by Crippen LogP contribution is -1.97. The average molecular weight is 283 g/mol. The van der Waals surface area contributed by atoms with Crippen LogP contribution in [0.2, 0.25) is 10.3 Å². The van der Waals surface area contributed by atoms with Crippen LogP contribution in [0.1, 0.15) is 5.56 Å². The highest BCUT2D eigenvalue weighted by Crippen LogP contribution is 2.26. The normalized spacial score (nSPS) is 9.89. The van der Waals surface area contributed by atoms with Gasteiger partial charge in [-0.05, 0) is 18.2 Å². The Kier molecular flexibility index (Phi) is 3.60. The number of rotatable bonds is 2. The molecule has 0 spiro atoms. The third-order valence-corrected chi connectivity index (χ3v) is 2.55. The van der Waals surface area contributed by atoms with Gasteiger partial charge in [0.1, 0.15) is 5.82 Å². The van der Waals surface area contributed by atoms with E-state index in [-0.39, 0.29) is 21.6 Å². The van der Waals surface area contributed by atoms with Gasteiger partial charge in [-0.25, -0.2) is 4.39 Å². The molecule has 0 aliphatic heterocycles. The molecule has 0 aliphatic rings. The second-order valence-corrected chi connectivity index (χ2v) is 4.05. The third-order valence-electron chi connectivity index (χ3n) is 2.09. The molecular weight excluding hydrogens is 278 g/mol. The van der Waals surface area contributed by atoms with Crippen LogP contribution < -0.4 is 5.32 Å². The van der Waals surface area contributed by atoms with E-state index in [0.717, 1.165) is 6.07 Å². The molecule has 1 N–H and O–H groups in total. The maximum absolute atomic E-state index is 13.6. The molecular formula is C11H5Cl2FN4. The molecule has 0 atom stereocenters. The number of benzene rings is 1. The number of anilines is 2. The highest BCUT2D eigenvalue weighted by Gasteiger charge is 2.08. The summed E-state index contributed by atoms with van der Waals surface area (Å²) < 4.78 is 13.6. The molecule has 1 aromatic carbocycles. The zero-order chi connectivity index (χ0) is 13.1. The molecule has 0 unspecified atom stereocenters. The number of nitrogens with one attached hydrogen (secondary N) is 1. The summed E-state index contributed by atoms with van der Waals surface area (Å²) in [6.45, 7) is 0. The van der Waals surface area contributed by atoms with E-state index in [1.54, 1.807) is 0 Å². The van der Waals surface area contributed by atoms with Crippen molar-refractivity contribution < 1.29 is 4.39 Å². The summed E-state index contributed by atoms with van der Waals surface area (Å²) in [7, 11) is 0. The van der Waals surface area contributed by atoms with Gasteiger partial charge < -0.3 is 5.32 Å². The SMILES string of the molecule is N#Cc1ccc(Nc2cc(Cl)nnc2Cl)c(F)c1. The lowest BCUT2D eigenvalue weighted by atomic mass is 10.2. The number of nitriles is 1. The predicted molar refractivity (Wildman–Crippen MR) is 66.4 cm³/mol. The molecule has 0 radical (unpaired) electrons. The minimum Gasteiger partial charge on any atom is -0.350 e. The lowest BCUT2D eigenvalue weighted by molar-refractivity contribution is 0.631. The molecule has 90 valence electrons. The maximum atomic E-state index is 13.6. The lowest BCUT2D eigenvalue weighted by Gasteiger charge is -2.08. The van der Waals surface area contributed by atoms with E-state index in [1.165, 1.54) is 18.2 Å². The van der Waals surface area contributed by atoms with E-state index in [1.807, 2.05) is 6.07 Å². The molecule has 0 amide bonds. The maximum Gasteiger partial charge on any atom is 0.175 e. The van der Waals surface area contributed by atoms with Crippen molar-refractivity contribution in [2.24, 2.45) is 0 Å². The van der Waals surface area contributed by atoms with Gasteiger partial charge in [-0.3, -0.25) is 0 Å². The Morgan fingerprint density at radius 3 is 2.61 bits per heavy atom. The fourth-order valence-corrected chi connectivity index (χ4v) is 1.56. The molecule has 2 aromatic rings. The monoisotopic (exact) mass is 282 g/mol. The summed E-state index contributed by atoms with van der Waals surface area (Å²) in [4.78, 5) is 0. The van der Waals surface area contributed by atoms with Crippen molar-refractivity contribution in [3.63, 3.8) is 0 Å². The van der Waals surface area contributed by atoms with Crippen LogP contribution in [-0.4, -0.2) is 10.2 Å². The van der Waals surface area contributed by atoms with Crippen molar-refractivity contribution in [1.82, 2.24) is 10.2 Å². The highest BCUT2D eigenvalue weighted by molar-refractivity contribution is 6.33. The topological polar surface area (TPSA) is 61.6 Å². The third kappa shape index (κ3) is 2.67. The molecule has 0 aliphatic carbocycles. The summed E-state index contributed by atoms with van der Waals surface area (Å²) in [6.07, 6.45) is 0. The fourth-order valence-electron chi connectivity index (χ4n) is 1.27. The van der Waals surface area contributed by atoms with Gasteiger partial charge in [0.2, 0.25) is 0 Å². The summed E-state index contributed by atoms with van der Waals surface area (Å²) in [6, 6.07) is 7.30. The van der Waals surface area contributed by atoms with Crippen LogP contribution in [0.15, 0.2) is 24.3 Å². The number of halogens is 3. The fraction of sp³-hybridized carbons (Fsp3) is 0. The summed E-state index contributed by atoms with van der Waals surface area (Å²) in [5.74, 6) is -0.571. The minimum atomic E-state index is -0.571. The van der Waals surface area contributed by atoms with Crippen LogP contribution in [0.5, 0.6) is 0 Å². The van der Waals surface area contributed by atoms with Crippen molar-refractivity contribution >= 4 is 34.6 Å². The molecule has 4 nitrogen and oxygen atoms in total. The summed E-state index contributed by atoms with van der Waals surface area (Å²) in [5.41, 5.74) is 0.732. The van der Waals surface area contributed by atoms with E-state index in [0.29, 0.717) is 5.69 Å². The van der Waals surface area contributed by atoms with Gasteiger partial charge in [-0.2, -0.15) is 5.26 Å². The summed E-state index contributed by atoms with van der Waals surface area (Å²) >= 11 is 11.4. The van der Waals surface area contributed by atoms with Crippen LogP contribution in [0, 0.1) is 17.1 Å². The molecule has 0 saturated carbocycles. The number of nitrogens with zero attached hydrogens (tertiary/aromatic N) is 3. The number of aromatic nitrogens is 2. The highest BCUT2D eigenvalue weighted by atomic mass is 35.5. The summed E-state index contributed by atoms with van der Waals surface area (Å²) in [5, 5.41) is 18.7. The van der Waals surface area contributed by atoms with Crippen molar-refractivity contribution in [1.29, 1.82) is 5.26 Å². The zero-order valence-electron chi connectivity index (χ0n) is 8.78. The second kappa shape index (κ2) is 5.17. The Bertz CT molecular complexity index is 639. The van der Waals surface area contributed by atoms with E-state index in [9.17, 15) is 4.39 Å².